The van der Waals surface area contributed by atoms with Crippen molar-refractivity contribution in [3.63, 3.8) is 0 Å². The molecule has 0 saturated carbocycles. The maximum Gasteiger partial charge on any atom is 0.282 e. The van der Waals surface area contributed by atoms with E-state index in [1.165, 1.54) is 8.61 Å². The van der Waals surface area contributed by atoms with Crippen LogP contribution in [0.3, 0.4) is 0 Å². The molecule has 1 N–H and O–H groups in total. The predicted molar refractivity (Wildman–Crippen MR) is 63.8 cm³/mol. The number of piperazine rings is 1. The van der Waals surface area contributed by atoms with E-state index >= 15 is 0 Å². The summed E-state index contributed by atoms with van der Waals surface area (Å²) in [6.07, 6.45) is 1.64. The molecule has 0 spiro atoms. The van der Waals surface area contributed by atoms with Crippen molar-refractivity contribution in [2.24, 2.45) is 0 Å². The van der Waals surface area contributed by atoms with Crippen LogP contribution in [0.2, 0.25) is 0 Å². The van der Waals surface area contributed by atoms with Gasteiger partial charge >= 0.3 is 0 Å². The van der Waals surface area contributed by atoms with Crippen LogP contribution in [-0.4, -0.2) is 64.5 Å². The lowest BCUT2D eigenvalue weighted by Crippen LogP contribution is -2.53. The van der Waals surface area contributed by atoms with E-state index in [-0.39, 0.29) is 0 Å². The first kappa shape index (κ1) is 12.0. The van der Waals surface area contributed by atoms with Crippen molar-refractivity contribution in [1.82, 2.24) is 28.7 Å². The zero-order chi connectivity index (χ0) is 12.6. The summed E-state index contributed by atoms with van der Waals surface area (Å²) in [6, 6.07) is 0. The van der Waals surface area contributed by atoms with E-state index in [1.54, 1.807) is 6.33 Å². The van der Waals surface area contributed by atoms with Crippen LogP contribution in [-0.2, 0) is 23.3 Å². The molecule has 3 heterocycles. The Bertz CT molecular complexity index is 521. The monoisotopic (exact) mass is 272 g/mol. The van der Waals surface area contributed by atoms with Crippen LogP contribution >= 0.6 is 0 Å². The Morgan fingerprint density at radius 2 is 1.89 bits per heavy atom. The number of hydrogen-bond donors (Lipinski definition) is 1. The smallest absolute Gasteiger partial charge is 0.282 e. The molecule has 8 nitrogen and oxygen atoms in total. The minimum atomic E-state index is -3.36. The predicted octanol–water partition coefficient (Wildman–Crippen LogP) is -1.76. The molecule has 0 atom stereocenters. The van der Waals surface area contributed by atoms with Gasteiger partial charge < -0.3 is 9.88 Å². The van der Waals surface area contributed by atoms with Crippen molar-refractivity contribution in [2.75, 3.05) is 32.7 Å². The SMILES string of the molecule is O=S(=O)(N1CCNCC1)N1CCn2cnnc2C1. The van der Waals surface area contributed by atoms with Gasteiger partial charge in [-0.2, -0.15) is 17.0 Å². The fraction of sp³-hybridized carbons (Fsp3) is 0.778. The van der Waals surface area contributed by atoms with E-state index in [4.69, 9.17) is 0 Å². The Morgan fingerprint density at radius 3 is 2.67 bits per heavy atom. The summed E-state index contributed by atoms with van der Waals surface area (Å²) < 4.78 is 29.8. The van der Waals surface area contributed by atoms with Gasteiger partial charge in [-0.3, -0.25) is 0 Å². The minimum absolute atomic E-state index is 0.312. The standard InChI is InChI=1S/C9H16N6O2S/c16-18(17,14-3-1-10-2-4-14)15-6-5-13-8-11-12-9(13)7-15/h8,10H,1-7H2. The number of hydrogen-bond acceptors (Lipinski definition) is 5. The fourth-order valence-electron chi connectivity index (χ4n) is 2.28. The highest BCUT2D eigenvalue weighted by Crippen LogP contribution is 2.16. The van der Waals surface area contributed by atoms with Gasteiger partial charge in [0.25, 0.3) is 10.2 Å². The van der Waals surface area contributed by atoms with Crippen molar-refractivity contribution >= 4 is 10.2 Å². The van der Waals surface area contributed by atoms with Gasteiger partial charge in [0, 0.05) is 39.3 Å². The van der Waals surface area contributed by atoms with E-state index in [9.17, 15) is 8.42 Å². The van der Waals surface area contributed by atoms with Gasteiger partial charge in [0.1, 0.15) is 12.2 Å². The lowest BCUT2D eigenvalue weighted by Gasteiger charge is -2.34. The second-order valence-corrected chi connectivity index (χ2v) is 6.36. The second kappa shape index (κ2) is 4.57. The lowest BCUT2D eigenvalue weighted by atomic mass is 10.4. The molecular formula is C9H16N6O2S. The van der Waals surface area contributed by atoms with E-state index in [2.05, 4.69) is 15.5 Å². The summed E-state index contributed by atoms with van der Waals surface area (Å²) >= 11 is 0. The highest BCUT2D eigenvalue weighted by molar-refractivity contribution is 7.86. The Kier molecular flexibility index (Phi) is 3.06. The number of fused-ring (bicyclic) bond motifs is 1. The molecule has 0 unspecified atom stereocenters. The van der Waals surface area contributed by atoms with Gasteiger partial charge in [0.05, 0.1) is 6.54 Å². The van der Waals surface area contributed by atoms with Crippen LogP contribution in [0.25, 0.3) is 0 Å². The molecule has 9 heteroatoms. The first-order valence-corrected chi connectivity index (χ1v) is 7.40. The van der Waals surface area contributed by atoms with Crippen LogP contribution in [0.15, 0.2) is 6.33 Å². The molecule has 3 rings (SSSR count). The average molecular weight is 272 g/mol. The fourth-order valence-corrected chi connectivity index (χ4v) is 3.84. The molecular weight excluding hydrogens is 256 g/mol. The third-order valence-electron chi connectivity index (χ3n) is 3.33. The summed E-state index contributed by atoms with van der Waals surface area (Å²) in [5, 5.41) is 10.9. The van der Waals surface area contributed by atoms with Gasteiger partial charge in [0.2, 0.25) is 0 Å². The average Bonchev–Trinajstić information content (AvgIpc) is 2.87. The molecule has 1 aromatic heterocycles. The minimum Gasteiger partial charge on any atom is -0.315 e. The molecule has 0 aliphatic carbocycles. The van der Waals surface area contributed by atoms with Gasteiger partial charge in [0.15, 0.2) is 0 Å². The Balaban J connectivity index is 1.78. The third-order valence-corrected chi connectivity index (χ3v) is 5.31. The number of aromatic nitrogens is 3. The van der Waals surface area contributed by atoms with Crippen LogP contribution in [0.5, 0.6) is 0 Å². The topological polar surface area (TPSA) is 83.4 Å². The largest absolute Gasteiger partial charge is 0.315 e. The normalized spacial score (nSPS) is 22.9. The molecule has 100 valence electrons. The molecule has 18 heavy (non-hydrogen) atoms. The van der Waals surface area contributed by atoms with Crippen molar-refractivity contribution < 1.29 is 8.42 Å². The first-order chi connectivity index (χ1) is 8.68. The first-order valence-electron chi connectivity index (χ1n) is 6.00. The van der Waals surface area contributed by atoms with Gasteiger partial charge in [-0.25, -0.2) is 0 Å². The lowest BCUT2D eigenvalue weighted by molar-refractivity contribution is 0.281. The van der Waals surface area contributed by atoms with Crippen molar-refractivity contribution in [1.29, 1.82) is 0 Å². The second-order valence-electron chi connectivity index (χ2n) is 4.43. The molecule has 1 fully saturated rings. The third kappa shape index (κ3) is 2.03. The Morgan fingerprint density at radius 1 is 1.11 bits per heavy atom. The summed E-state index contributed by atoms with van der Waals surface area (Å²) in [6.45, 7) is 3.90. The molecule has 0 bridgehead atoms. The van der Waals surface area contributed by atoms with Crippen LogP contribution in [0, 0.1) is 0 Å². The number of nitrogens with one attached hydrogen (secondary N) is 1. The zero-order valence-electron chi connectivity index (χ0n) is 9.99. The van der Waals surface area contributed by atoms with Crippen molar-refractivity contribution in [2.45, 2.75) is 13.1 Å². The van der Waals surface area contributed by atoms with Crippen molar-refractivity contribution in [3.8, 4) is 0 Å². The summed E-state index contributed by atoms with van der Waals surface area (Å²) in [5.74, 6) is 0.708. The highest BCUT2D eigenvalue weighted by Gasteiger charge is 2.33. The number of nitrogens with zero attached hydrogens (tertiary/aromatic N) is 5. The van der Waals surface area contributed by atoms with Gasteiger partial charge in [-0.1, -0.05) is 0 Å². The van der Waals surface area contributed by atoms with E-state index < -0.39 is 10.2 Å². The molecule has 2 aliphatic heterocycles. The summed E-state index contributed by atoms with van der Waals surface area (Å²) in [7, 11) is -3.36. The van der Waals surface area contributed by atoms with Crippen molar-refractivity contribution in [3.05, 3.63) is 12.2 Å². The molecule has 1 aromatic rings. The summed E-state index contributed by atoms with van der Waals surface area (Å²) in [4.78, 5) is 0. The number of rotatable bonds is 2. The molecule has 0 aromatic carbocycles. The molecule has 2 aliphatic rings. The Labute approximate surface area is 106 Å². The summed E-state index contributed by atoms with van der Waals surface area (Å²) in [5.41, 5.74) is 0. The quantitative estimate of drug-likeness (QED) is 0.690. The maximum absolute atomic E-state index is 12.4. The molecule has 0 radical (unpaired) electrons. The van der Waals surface area contributed by atoms with E-state index in [1.807, 2.05) is 4.57 Å². The van der Waals surface area contributed by atoms with Crippen LogP contribution < -0.4 is 5.32 Å². The van der Waals surface area contributed by atoms with Crippen LogP contribution in [0.4, 0.5) is 0 Å². The molecule has 1 saturated heterocycles. The van der Waals surface area contributed by atoms with Gasteiger partial charge in [-0.15, -0.1) is 10.2 Å². The zero-order valence-corrected chi connectivity index (χ0v) is 10.8. The van der Waals surface area contributed by atoms with Crippen LogP contribution in [0.1, 0.15) is 5.82 Å². The van der Waals surface area contributed by atoms with E-state index in [0.29, 0.717) is 51.6 Å². The highest BCUT2D eigenvalue weighted by atomic mass is 32.2. The van der Waals surface area contributed by atoms with E-state index in [0.717, 1.165) is 0 Å². The Hall–Kier alpha value is -1.03. The molecule has 0 amide bonds. The maximum atomic E-state index is 12.4. The van der Waals surface area contributed by atoms with Gasteiger partial charge in [-0.05, 0) is 0 Å².